The van der Waals surface area contributed by atoms with Gasteiger partial charge in [-0.05, 0) is 30.4 Å². The van der Waals surface area contributed by atoms with Crippen LogP contribution in [0.5, 0.6) is 0 Å². The Morgan fingerprint density at radius 1 is 1.18 bits per heavy atom. The van der Waals surface area contributed by atoms with Crippen molar-refractivity contribution in [3.8, 4) is 11.3 Å². The Hall–Kier alpha value is -3.21. The van der Waals surface area contributed by atoms with Gasteiger partial charge in [0.05, 0.1) is 70.7 Å². The first kappa shape index (κ1) is 26.0. The SMILES string of the molecule is [B]C([B])([B])c1nnn(C)c1-c1cnc2c(c1)N([C@H](c1ccccc1)C1CCOCC1)C1C=NC(COCO)=C21. The second kappa shape index (κ2) is 10.4. The van der Waals surface area contributed by atoms with Crippen LogP contribution in [0.15, 0.2) is 53.3 Å². The first-order valence-corrected chi connectivity index (χ1v) is 13.0. The van der Waals surface area contributed by atoms with Crippen molar-refractivity contribution in [1.82, 2.24) is 20.0 Å². The summed E-state index contributed by atoms with van der Waals surface area (Å²) in [5.41, 5.74) is 6.34. The lowest BCUT2D eigenvalue weighted by Gasteiger charge is -2.40. The van der Waals surface area contributed by atoms with Crippen LogP contribution in [0.1, 0.15) is 35.8 Å². The Morgan fingerprint density at radius 2 is 1.95 bits per heavy atom. The van der Waals surface area contributed by atoms with Crippen LogP contribution in [-0.2, 0) is 21.6 Å². The molecule has 1 saturated heterocycles. The minimum atomic E-state index is -1.67. The summed E-state index contributed by atoms with van der Waals surface area (Å²) in [5.74, 6) is 0.349. The van der Waals surface area contributed by atoms with E-state index >= 15 is 0 Å². The summed E-state index contributed by atoms with van der Waals surface area (Å²) < 4.78 is 12.7. The van der Waals surface area contributed by atoms with Gasteiger partial charge in [-0.3, -0.25) is 9.98 Å². The highest BCUT2D eigenvalue weighted by molar-refractivity contribution is 6.59. The minimum Gasteiger partial charge on any atom is -0.381 e. The number of hydrogen-bond acceptors (Lipinski definition) is 8. The van der Waals surface area contributed by atoms with E-state index in [0.717, 1.165) is 54.3 Å². The number of pyridine rings is 1. The summed E-state index contributed by atoms with van der Waals surface area (Å²) in [6.45, 7) is 1.25. The Labute approximate surface area is 231 Å². The van der Waals surface area contributed by atoms with Gasteiger partial charge in [-0.1, -0.05) is 40.7 Å². The molecule has 192 valence electrons. The van der Waals surface area contributed by atoms with Crippen molar-refractivity contribution >= 4 is 41.0 Å². The van der Waals surface area contributed by atoms with E-state index in [4.69, 9.17) is 43.0 Å². The molecule has 1 fully saturated rings. The number of ether oxygens (including phenoxy) is 2. The van der Waals surface area contributed by atoms with Gasteiger partial charge in [-0.2, -0.15) is 0 Å². The molecular formula is C27H27B3N6O3. The van der Waals surface area contributed by atoms with E-state index in [1.54, 1.807) is 17.9 Å². The zero-order valence-corrected chi connectivity index (χ0v) is 21.8. The second-order valence-electron chi connectivity index (χ2n) is 10.2. The largest absolute Gasteiger partial charge is 0.381 e. The van der Waals surface area contributed by atoms with Crippen molar-refractivity contribution in [2.75, 3.05) is 31.5 Å². The van der Waals surface area contributed by atoms with Crippen LogP contribution in [0, 0.1) is 5.92 Å². The normalized spacial score (nSPS) is 19.9. The molecule has 6 rings (SSSR count). The number of hydrogen-bond donors (Lipinski definition) is 1. The Balaban J connectivity index is 1.54. The highest BCUT2D eigenvalue weighted by atomic mass is 16.6. The molecule has 39 heavy (non-hydrogen) atoms. The van der Waals surface area contributed by atoms with Crippen molar-refractivity contribution in [2.24, 2.45) is 18.0 Å². The van der Waals surface area contributed by atoms with Gasteiger partial charge < -0.3 is 19.5 Å². The van der Waals surface area contributed by atoms with E-state index in [1.165, 1.54) is 5.56 Å². The molecule has 1 unspecified atom stereocenters. The van der Waals surface area contributed by atoms with Gasteiger partial charge in [0.1, 0.15) is 6.79 Å². The summed E-state index contributed by atoms with van der Waals surface area (Å²) in [5, 5.41) is 15.9. The Kier molecular flexibility index (Phi) is 6.95. The molecule has 0 aliphatic carbocycles. The molecule has 12 heteroatoms. The first-order chi connectivity index (χ1) is 18.9. The van der Waals surface area contributed by atoms with E-state index in [9.17, 15) is 5.11 Å². The van der Waals surface area contributed by atoms with Crippen molar-refractivity contribution in [3.63, 3.8) is 0 Å². The third-order valence-electron chi connectivity index (χ3n) is 7.67. The number of anilines is 1. The molecule has 1 N–H and O–H groups in total. The number of fused-ring (bicyclic) bond motifs is 3. The Morgan fingerprint density at radius 3 is 2.67 bits per heavy atom. The molecule has 0 spiro atoms. The molecular weight excluding hydrogens is 489 g/mol. The van der Waals surface area contributed by atoms with E-state index in [-0.39, 0.29) is 31.2 Å². The van der Waals surface area contributed by atoms with Crippen molar-refractivity contribution in [1.29, 1.82) is 0 Å². The van der Waals surface area contributed by atoms with Crippen LogP contribution >= 0.6 is 0 Å². The predicted molar refractivity (Wildman–Crippen MR) is 151 cm³/mol. The number of rotatable bonds is 8. The van der Waals surface area contributed by atoms with Gasteiger partial charge in [0.25, 0.3) is 0 Å². The second-order valence-corrected chi connectivity index (χ2v) is 10.2. The van der Waals surface area contributed by atoms with Gasteiger partial charge in [0.2, 0.25) is 0 Å². The lowest BCUT2D eigenvalue weighted by Crippen LogP contribution is -2.41. The van der Waals surface area contributed by atoms with Gasteiger partial charge in [-0.15, -0.1) is 5.10 Å². The number of aliphatic imine (C=N–C) groups is 1. The molecule has 9 nitrogen and oxygen atoms in total. The molecule has 1 aromatic carbocycles. The average Bonchev–Trinajstić information content (AvgIpc) is 3.62. The summed E-state index contributed by atoms with van der Waals surface area (Å²) >= 11 is 0. The molecule has 6 radical (unpaired) electrons. The lowest BCUT2D eigenvalue weighted by atomic mass is 9.41. The van der Waals surface area contributed by atoms with Gasteiger partial charge in [0.15, 0.2) is 0 Å². The maximum atomic E-state index is 9.30. The predicted octanol–water partition coefficient (Wildman–Crippen LogP) is 1.61. The Bertz CT molecular complexity index is 1420. The third-order valence-corrected chi connectivity index (χ3v) is 7.67. The summed E-state index contributed by atoms with van der Waals surface area (Å²) in [7, 11) is 19.9. The third kappa shape index (κ3) is 4.64. The number of benzene rings is 1. The van der Waals surface area contributed by atoms with Gasteiger partial charge in [0, 0.05) is 43.8 Å². The van der Waals surface area contributed by atoms with Crippen LogP contribution in [-0.4, -0.2) is 87.5 Å². The number of nitrogens with zero attached hydrogens (tertiary/aromatic N) is 6. The average molecular weight is 516 g/mol. The number of aliphatic hydroxyl groups is 1. The molecule has 2 aromatic heterocycles. The van der Waals surface area contributed by atoms with Gasteiger partial charge in [-0.25, -0.2) is 4.68 Å². The number of aryl methyl sites for hydroxylation is 1. The molecule has 0 saturated carbocycles. The highest BCUT2D eigenvalue weighted by Crippen LogP contribution is 2.51. The monoisotopic (exact) mass is 516 g/mol. The first-order valence-electron chi connectivity index (χ1n) is 13.0. The van der Waals surface area contributed by atoms with Crippen molar-refractivity contribution in [2.45, 2.75) is 30.0 Å². The summed E-state index contributed by atoms with van der Waals surface area (Å²) in [4.78, 5) is 12.0. The highest BCUT2D eigenvalue weighted by Gasteiger charge is 2.45. The van der Waals surface area contributed by atoms with Crippen molar-refractivity contribution < 1.29 is 14.6 Å². The molecule has 3 aromatic rings. The lowest BCUT2D eigenvalue weighted by molar-refractivity contribution is 0.0100. The topological polar surface area (TPSA) is 97.9 Å². The zero-order valence-electron chi connectivity index (χ0n) is 21.8. The van der Waals surface area contributed by atoms with E-state index < -0.39 is 5.11 Å². The summed E-state index contributed by atoms with van der Waals surface area (Å²) in [6.07, 6.45) is 5.58. The van der Waals surface area contributed by atoms with Gasteiger partial charge >= 0.3 is 0 Å². The fraction of sp³-hybridized carbons (Fsp3) is 0.407. The number of aliphatic hydroxyl groups excluding tert-OH is 1. The molecule has 5 heterocycles. The zero-order chi connectivity index (χ0) is 27.1. The fourth-order valence-corrected chi connectivity index (χ4v) is 5.99. The molecule has 3 aliphatic rings. The quantitative estimate of drug-likeness (QED) is 0.359. The molecule has 0 amide bonds. The number of aromatic nitrogens is 4. The summed E-state index contributed by atoms with van der Waals surface area (Å²) in [6, 6.07) is 12.5. The van der Waals surface area contributed by atoms with Crippen LogP contribution in [0.3, 0.4) is 0 Å². The fourth-order valence-electron chi connectivity index (χ4n) is 5.99. The van der Waals surface area contributed by atoms with Crippen LogP contribution < -0.4 is 4.90 Å². The van der Waals surface area contributed by atoms with Crippen LogP contribution in [0.25, 0.3) is 16.8 Å². The van der Waals surface area contributed by atoms with Crippen molar-refractivity contribution in [3.05, 3.63) is 65.2 Å². The molecule has 2 atom stereocenters. The minimum absolute atomic E-state index is 0.0414. The van der Waals surface area contributed by atoms with Crippen LogP contribution in [0.2, 0.25) is 0 Å². The van der Waals surface area contributed by atoms with E-state index in [0.29, 0.717) is 11.6 Å². The molecule has 0 bridgehead atoms. The van der Waals surface area contributed by atoms with E-state index in [1.807, 2.05) is 12.3 Å². The standard InChI is InChI=1S/C27H27B3N6O3/c1-35-25(26(33-34-35)27(28,29)30)18-11-20-23(32-12-18)22-19(14-39-15-37)31-13-21(22)36(20)24(16-5-3-2-4-6-16)17-7-9-38-10-8-17/h2-6,11-13,17,21,24,37H,7-10,14-15H2,1H3/t21?,24-/m1/s1. The maximum absolute atomic E-state index is 9.30. The molecule has 3 aliphatic heterocycles. The van der Waals surface area contributed by atoms with E-state index in [2.05, 4.69) is 45.5 Å². The smallest absolute Gasteiger partial charge is 0.144 e. The van der Waals surface area contributed by atoms with Crippen LogP contribution in [0.4, 0.5) is 5.69 Å². The maximum Gasteiger partial charge on any atom is 0.144 e.